The summed E-state index contributed by atoms with van der Waals surface area (Å²) in [7, 11) is 1.60. The predicted octanol–water partition coefficient (Wildman–Crippen LogP) is 5.27. The summed E-state index contributed by atoms with van der Waals surface area (Å²) in [4.78, 5) is 22.5. The van der Waals surface area contributed by atoms with Crippen LogP contribution in [0.25, 0.3) is 10.9 Å². The van der Waals surface area contributed by atoms with Crippen molar-refractivity contribution in [3.8, 4) is 5.75 Å². The number of rotatable bonds is 6. The average molecular weight is 502 g/mol. The smallest absolute Gasteiger partial charge is 0.245 e. The van der Waals surface area contributed by atoms with Crippen molar-refractivity contribution in [3.05, 3.63) is 59.1 Å². The average Bonchev–Trinajstić information content (AvgIpc) is 2.86. The van der Waals surface area contributed by atoms with Crippen LogP contribution < -0.4 is 15.4 Å². The normalized spacial score (nSPS) is 21.1. The van der Waals surface area contributed by atoms with Crippen LogP contribution in [0, 0.1) is 17.7 Å². The molecule has 1 amide bonds. The van der Waals surface area contributed by atoms with E-state index in [1.807, 2.05) is 17.0 Å². The lowest BCUT2D eigenvalue weighted by molar-refractivity contribution is -0.132. The van der Waals surface area contributed by atoms with Gasteiger partial charge in [-0.15, -0.1) is 0 Å². The molecule has 1 aliphatic carbocycles. The van der Waals surface area contributed by atoms with Gasteiger partial charge in [0.25, 0.3) is 0 Å². The standard InChI is InChI=1S/C24H22Cl2FN5O2/c1-3-20(33)32-9-12-6-13(10-32)23(12)30-18-7-14-17(8-19(18)34-2)28-11-29-24(14)31-16-5-4-15(25)21(26)22(16)27/h3-5,7-8,11-13,23,30H,1,6,9-10H2,2H3,(H,28,29,31)/t12-,13+,23+. The third-order valence-corrected chi connectivity index (χ3v) is 7.37. The van der Waals surface area contributed by atoms with Crippen molar-refractivity contribution in [2.24, 2.45) is 11.8 Å². The van der Waals surface area contributed by atoms with Crippen LogP contribution in [0.15, 0.2) is 43.2 Å². The van der Waals surface area contributed by atoms with Gasteiger partial charge in [0.15, 0.2) is 5.82 Å². The number of ether oxygens (including phenoxy) is 1. The molecular weight excluding hydrogens is 480 g/mol. The summed E-state index contributed by atoms with van der Waals surface area (Å²) in [5, 5.41) is 7.27. The Morgan fingerprint density at radius 1 is 1.24 bits per heavy atom. The highest BCUT2D eigenvalue weighted by Crippen LogP contribution is 2.44. The lowest BCUT2D eigenvalue weighted by Crippen LogP contribution is -2.62. The zero-order valence-corrected chi connectivity index (χ0v) is 19.8. The molecule has 3 aliphatic rings. The first-order chi connectivity index (χ1) is 16.4. The molecule has 176 valence electrons. The summed E-state index contributed by atoms with van der Waals surface area (Å²) in [6, 6.07) is 6.95. The fraction of sp³-hybridized carbons (Fsp3) is 0.292. The van der Waals surface area contributed by atoms with Crippen LogP contribution in [0.5, 0.6) is 5.75 Å². The minimum Gasteiger partial charge on any atom is -0.495 e. The van der Waals surface area contributed by atoms with Gasteiger partial charge < -0.3 is 20.3 Å². The molecule has 0 spiro atoms. The van der Waals surface area contributed by atoms with Gasteiger partial charge in [0.1, 0.15) is 17.9 Å². The molecule has 3 atom stereocenters. The summed E-state index contributed by atoms with van der Waals surface area (Å²) >= 11 is 11.9. The number of hydrogen-bond acceptors (Lipinski definition) is 6. The van der Waals surface area contributed by atoms with E-state index in [1.54, 1.807) is 7.11 Å². The molecule has 10 heteroatoms. The minimum absolute atomic E-state index is 0.0289. The number of carbonyl (C=O) groups is 1. The van der Waals surface area contributed by atoms with Crippen molar-refractivity contribution in [1.82, 2.24) is 14.9 Å². The van der Waals surface area contributed by atoms with Crippen molar-refractivity contribution >= 4 is 57.2 Å². The molecule has 2 bridgehead atoms. The number of methoxy groups -OCH3 is 1. The Morgan fingerprint density at radius 3 is 2.71 bits per heavy atom. The van der Waals surface area contributed by atoms with Gasteiger partial charge in [0.2, 0.25) is 5.91 Å². The molecule has 3 heterocycles. The van der Waals surface area contributed by atoms with Gasteiger partial charge in [-0.2, -0.15) is 0 Å². The van der Waals surface area contributed by atoms with E-state index in [-0.39, 0.29) is 27.7 Å². The Labute approximate surface area is 205 Å². The van der Waals surface area contributed by atoms with Gasteiger partial charge in [0, 0.05) is 30.6 Å². The Balaban J connectivity index is 1.45. The summed E-state index contributed by atoms with van der Waals surface area (Å²) in [6.45, 7) is 4.98. The zero-order chi connectivity index (χ0) is 24.0. The number of carbonyl (C=O) groups excluding carboxylic acids is 1. The maximum absolute atomic E-state index is 14.6. The first-order valence-corrected chi connectivity index (χ1v) is 11.6. The molecule has 3 fully saturated rings. The van der Waals surface area contributed by atoms with E-state index in [9.17, 15) is 9.18 Å². The third-order valence-electron chi connectivity index (χ3n) is 6.58. The molecule has 1 saturated carbocycles. The van der Waals surface area contributed by atoms with Gasteiger partial charge in [-0.1, -0.05) is 29.8 Å². The fourth-order valence-electron chi connectivity index (χ4n) is 4.83. The number of hydrogen-bond donors (Lipinski definition) is 2. The van der Waals surface area contributed by atoms with Crippen molar-refractivity contribution in [1.29, 1.82) is 0 Å². The van der Waals surface area contributed by atoms with E-state index in [4.69, 9.17) is 27.9 Å². The summed E-state index contributed by atoms with van der Waals surface area (Å²) in [6.07, 6.45) is 3.83. The Kier molecular flexibility index (Phi) is 5.95. The maximum atomic E-state index is 14.6. The van der Waals surface area contributed by atoms with Crippen molar-refractivity contribution in [2.75, 3.05) is 30.8 Å². The number of aromatic nitrogens is 2. The molecule has 2 saturated heterocycles. The Morgan fingerprint density at radius 2 is 2.00 bits per heavy atom. The van der Waals surface area contributed by atoms with Crippen molar-refractivity contribution < 1.29 is 13.9 Å². The first-order valence-electron chi connectivity index (χ1n) is 10.8. The van der Waals surface area contributed by atoms with E-state index in [0.717, 1.165) is 12.1 Å². The highest BCUT2D eigenvalue weighted by molar-refractivity contribution is 6.42. The van der Waals surface area contributed by atoms with Crippen molar-refractivity contribution in [2.45, 2.75) is 12.5 Å². The number of amides is 1. The molecule has 2 aliphatic heterocycles. The van der Waals surface area contributed by atoms with Gasteiger partial charge in [-0.25, -0.2) is 14.4 Å². The van der Waals surface area contributed by atoms with E-state index in [0.29, 0.717) is 47.4 Å². The number of piperidine rings is 2. The van der Waals surface area contributed by atoms with E-state index >= 15 is 0 Å². The molecule has 2 N–H and O–H groups in total. The van der Waals surface area contributed by atoms with E-state index in [2.05, 4.69) is 27.2 Å². The highest BCUT2D eigenvalue weighted by Gasteiger charge is 2.47. The van der Waals surface area contributed by atoms with Gasteiger partial charge in [-0.3, -0.25) is 4.79 Å². The minimum atomic E-state index is -0.659. The van der Waals surface area contributed by atoms with Crippen LogP contribution in [0.2, 0.25) is 10.0 Å². The third kappa shape index (κ3) is 3.91. The summed E-state index contributed by atoms with van der Waals surface area (Å²) in [5.74, 6) is 1.06. The van der Waals surface area contributed by atoms with Crippen LogP contribution in [-0.4, -0.2) is 47.0 Å². The number of halogens is 3. The van der Waals surface area contributed by atoms with Crippen LogP contribution >= 0.6 is 23.2 Å². The molecule has 7 nitrogen and oxygen atoms in total. The van der Waals surface area contributed by atoms with Crippen LogP contribution in [0.1, 0.15) is 6.42 Å². The second-order valence-corrected chi connectivity index (χ2v) is 9.30. The summed E-state index contributed by atoms with van der Waals surface area (Å²) < 4.78 is 20.2. The SMILES string of the molecule is C=CC(=O)N1C[C@H]2C[C@@H](C1)[C@H]2Nc1cc2c(Nc3ccc(Cl)c(Cl)c3F)ncnc2cc1OC. The number of fused-ring (bicyclic) bond motifs is 3. The largest absolute Gasteiger partial charge is 0.495 e. The molecule has 0 radical (unpaired) electrons. The van der Waals surface area contributed by atoms with Gasteiger partial charge in [0.05, 0.1) is 34.0 Å². The number of nitrogens with zero attached hydrogens (tertiary/aromatic N) is 3. The molecule has 1 aromatic heterocycles. The Hall–Kier alpha value is -3.10. The summed E-state index contributed by atoms with van der Waals surface area (Å²) in [5.41, 5.74) is 1.57. The van der Waals surface area contributed by atoms with Crippen molar-refractivity contribution in [3.63, 3.8) is 0 Å². The first kappa shape index (κ1) is 22.7. The quantitative estimate of drug-likeness (QED) is 0.353. The number of benzene rings is 2. The molecule has 3 aromatic rings. The monoisotopic (exact) mass is 501 g/mol. The van der Waals surface area contributed by atoms with Gasteiger partial charge >= 0.3 is 0 Å². The number of nitrogens with one attached hydrogen (secondary N) is 2. The molecule has 2 aromatic carbocycles. The molecule has 0 unspecified atom stereocenters. The molecule has 34 heavy (non-hydrogen) atoms. The fourth-order valence-corrected chi connectivity index (χ4v) is 5.14. The van der Waals surface area contributed by atoms with Crippen LogP contribution in [0.4, 0.5) is 21.6 Å². The van der Waals surface area contributed by atoms with E-state index < -0.39 is 5.82 Å². The number of anilines is 3. The van der Waals surface area contributed by atoms with Crippen LogP contribution in [0.3, 0.4) is 0 Å². The van der Waals surface area contributed by atoms with Crippen LogP contribution in [-0.2, 0) is 4.79 Å². The second kappa shape index (κ2) is 8.92. The van der Waals surface area contributed by atoms with Gasteiger partial charge in [-0.05, 0) is 42.5 Å². The lowest BCUT2D eigenvalue weighted by atomic mass is 9.66. The second-order valence-electron chi connectivity index (χ2n) is 8.51. The topological polar surface area (TPSA) is 79.4 Å². The highest BCUT2D eigenvalue weighted by atomic mass is 35.5. The van der Waals surface area contributed by atoms with E-state index in [1.165, 1.54) is 24.5 Å². The lowest BCUT2D eigenvalue weighted by Gasteiger charge is -2.53. The molecular formula is C24H22Cl2FN5O2. The Bertz CT molecular complexity index is 1290. The predicted molar refractivity (Wildman–Crippen MR) is 132 cm³/mol. The molecule has 6 rings (SSSR count). The zero-order valence-electron chi connectivity index (χ0n) is 18.3. The maximum Gasteiger partial charge on any atom is 0.245 e.